The maximum absolute atomic E-state index is 12.7. The molecule has 2 N–H and O–H groups in total. The van der Waals surface area contributed by atoms with E-state index in [1.807, 2.05) is 0 Å². The number of aromatic hydroxyl groups is 1. The zero-order valence-electron chi connectivity index (χ0n) is 14.2. The van der Waals surface area contributed by atoms with Crippen LogP contribution in [0.1, 0.15) is 27.0 Å². The number of nitrogens with one attached hydrogen (secondary N) is 1. The van der Waals surface area contributed by atoms with Gasteiger partial charge in [0.1, 0.15) is 5.75 Å². The minimum atomic E-state index is -0.249. The number of amides is 1. The van der Waals surface area contributed by atoms with E-state index in [1.165, 1.54) is 6.20 Å². The van der Waals surface area contributed by atoms with Crippen LogP contribution in [0.25, 0.3) is 11.6 Å². The number of ketones is 1. The van der Waals surface area contributed by atoms with Gasteiger partial charge in [-0.1, -0.05) is 0 Å². The van der Waals surface area contributed by atoms with Gasteiger partial charge in [-0.3, -0.25) is 14.6 Å². The van der Waals surface area contributed by atoms with Gasteiger partial charge in [-0.15, -0.1) is 0 Å². The predicted octanol–water partition coefficient (Wildman–Crippen LogP) is 5.04. The quantitative estimate of drug-likeness (QED) is 0.391. The van der Waals surface area contributed by atoms with Crippen LogP contribution in [0.3, 0.4) is 0 Å². The van der Waals surface area contributed by atoms with Crippen LogP contribution in [0.5, 0.6) is 5.75 Å². The molecule has 3 aromatic rings. The molecule has 1 amide bonds. The van der Waals surface area contributed by atoms with Crippen LogP contribution in [-0.4, -0.2) is 21.8 Å². The van der Waals surface area contributed by atoms with Crippen molar-refractivity contribution in [2.45, 2.75) is 0 Å². The number of hydrogen-bond donors (Lipinski definition) is 2. The smallest absolute Gasteiger partial charge is 0.256 e. The second kappa shape index (κ2) is 7.33. The van der Waals surface area contributed by atoms with Crippen molar-refractivity contribution in [3.63, 3.8) is 0 Å². The molecule has 7 heteroatoms. The van der Waals surface area contributed by atoms with Gasteiger partial charge in [0.2, 0.25) is 0 Å². The van der Waals surface area contributed by atoms with E-state index in [4.69, 9.17) is 0 Å². The Bertz CT molecular complexity index is 1130. The number of phenolic OH excluding ortho intramolecular Hbond substituents is 1. The Morgan fingerprint density at radius 2 is 1.82 bits per heavy atom. The average molecular weight is 500 g/mol. The molecule has 5 nitrogen and oxygen atoms in total. The Morgan fingerprint density at radius 3 is 2.50 bits per heavy atom. The third-order valence-electron chi connectivity index (χ3n) is 4.34. The molecule has 2 aromatic carbocycles. The number of hydrogen-bond acceptors (Lipinski definition) is 4. The van der Waals surface area contributed by atoms with Gasteiger partial charge in [-0.2, -0.15) is 0 Å². The maximum Gasteiger partial charge on any atom is 0.256 e. The summed E-state index contributed by atoms with van der Waals surface area (Å²) >= 11 is 6.58. The standard InChI is InChI=1S/C21H12Br2N2O3/c22-16-7-11(8-17(23)20(16)27)6-15-14-9-12(3-4-18(14)25-21(15)28)19(26)13-2-1-5-24-10-13/h1-10,27H,(H,25,28). The topological polar surface area (TPSA) is 79.3 Å². The van der Waals surface area contributed by atoms with Crippen molar-refractivity contribution in [3.05, 3.63) is 86.1 Å². The van der Waals surface area contributed by atoms with E-state index in [0.29, 0.717) is 36.9 Å². The third kappa shape index (κ3) is 3.39. The summed E-state index contributed by atoms with van der Waals surface area (Å²) in [5.74, 6) is -0.325. The summed E-state index contributed by atoms with van der Waals surface area (Å²) < 4.78 is 1.01. The van der Waals surface area contributed by atoms with Crippen LogP contribution >= 0.6 is 31.9 Å². The van der Waals surface area contributed by atoms with E-state index < -0.39 is 0 Å². The number of pyridine rings is 1. The van der Waals surface area contributed by atoms with Gasteiger partial charge in [0.05, 0.1) is 8.95 Å². The Labute approximate surface area is 177 Å². The van der Waals surface area contributed by atoms with Crippen LogP contribution in [-0.2, 0) is 4.79 Å². The molecule has 0 unspecified atom stereocenters. The van der Waals surface area contributed by atoms with E-state index in [2.05, 4.69) is 42.2 Å². The number of carbonyl (C=O) groups is 2. The molecular formula is C21H12Br2N2O3. The van der Waals surface area contributed by atoms with Gasteiger partial charge >= 0.3 is 0 Å². The first kappa shape index (κ1) is 18.6. The number of benzene rings is 2. The van der Waals surface area contributed by atoms with Crippen molar-refractivity contribution >= 4 is 60.9 Å². The van der Waals surface area contributed by atoms with E-state index in [-0.39, 0.29) is 17.4 Å². The fourth-order valence-corrected chi connectivity index (χ4v) is 4.19. The zero-order valence-corrected chi connectivity index (χ0v) is 17.4. The number of halogens is 2. The number of fused-ring (bicyclic) bond motifs is 1. The molecule has 1 aliphatic rings. The van der Waals surface area contributed by atoms with Gasteiger partial charge in [-0.05, 0) is 86.0 Å². The van der Waals surface area contributed by atoms with Crippen LogP contribution in [0.2, 0.25) is 0 Å². The number of aromatic nitrogens is 1. The molecule has 28 heavy (non-hydrogen) atoms. The van der Waals surface area contributed by atoms with Crippen LogP contribution in [0.4, 0.5) is 5.69 Å². The molecule has 138 valence electrons. The molecule has 0 saturated carbocycles. The molecule has 1 aliphatic heterocycles. The molecule has 1 aromatic heterocycles. The van der Waals surface area contributed by atoms with E-state index >= 15 is 0 Å². The Morgan fingerprint density at radius 1 is 1.07 bits per heavy atom. The van der Waals surface area contributed by atoms with Gasteiger partial charge in [-0.25, -0.2) is 0 Å². The number of nitrogens with zero attached hydrogens (tertiary/aromatic N) is 1. The normalized spacial score (nSPS) is 14.1. The lowest BCUT2D eigenvalue weighted by atomic mass is 9.98. The highest BCUT2D eigenvalue weighted by atomic mass is 79.9. The molecular weight excluding hydrogens is 488 g/mol. The van der Waals surface area contributed by atoms with Crippen molar-refractivity contribution in [2.24, 2.45) is 0 Å². The van der Waals surface area contributed by atoms with Crippen molar-refractivity contribution < 1.29 is 14.7 Å². The lowest BCUT2D eigenvalue weighted by molar-refractivity contribution is -0.110. The number of rotatable bonds is 3. The largest absolute Gasteiger partial charge is 0.506 e. The summed E-state index contributed by atoms with van der Waals surface area (Å²) in [6.07, 6.45) is 4.84. The van der Waals surface area contributed by atoms with Crippen LogP contribution in [0, 0.1) is 0 Å². The first-order chi connectivity index (χ1) is 13.4. The SMILES string of the molecule is O=C1Nc2ccc(C(=O)c3cccnc3)cc2C1=Cc1cc(Br)c(O)c(Br)c1. The third-order valence-corrected chi connectivity index (χ3v) is 5.55. The highest BCUT2D eigenvalue weighted by Crippen LogP contribution is 2.37. The Kier molecular flexibility index (Phi) is 4.87. The molecule has 0 aliphatic carbocycles. The molecule has 0 fully saturated rings. The van der Waals surface area contributed by atoms with E-state index in [0.717, 1.165) is 5.56 Å². The summed E-state index contributed by atoms with van der Waals surface area (Å²) in [5, 5.41) is 12.7. The lowest BCUT2D eigenvalue weighted by Crippen LogP contribution is -2.03. The lowest BCUT2D eigenvalue weighted by Gasteiger charge is -2.05. The van der Waals surface area contributed by atoms with Gasteiger partial charge < -0.3 is 10.4 Å². The molecule has 0 radical (unpaired) electrons. The van der Waals surface area contributed by atoms with Gasteiger partial charge in [0.15, 0.2) is 5.78 Å². The Hall–Kier alpha value is -2.77. The monoisotopic (exact) mass is 498 g/mol. The van der Waals surface area contributed by atoms with E-state index in [1.54, 1.807) is 54.7 Å². The second-order valence-corrected chi connectivity index (χ2v) is 7.89. The molecule has 0 atom stereocenters. The van der Waals surface area contributed by atoms with Crippen LogP contribution in [0.15, 0.2) is 63.8 Å². The summed E-state index contributed by atoms with van der Waals surface area (Å²) in [6, 6.07) is 11.9. The second-order valence-electron chi connectivity index (χ2n) is 6.18. The average Bonchev–Trinajstić information content (AvgIpc) is 3.00. The van der Waals surface area contributed by atoms with Crippen molar-refractivity contribution in [1.29, 1.82) is 0 Å². The predicted molar refractivity (Wildman–Crippen MR) is 114 cm³/mol. The highest BCUT2D eigenvalue weighted by molar-refractivity contribution is 9.11. The summed E-state index contributed by atoms with van der Waals surface area (Å²) in [6.45, 7) is 0. The van der Waals surface area contributed by atoms with Gasteiger partial charge in [0, 0.05) is 40.3 Å². The number of carbonyl (C=O) groups excluding carboxylic acids is 2. The summed E-state index contributed by atoms with van der Waals surface area (Å²) in [7, 11) is 0. The summed E-state index contributed by atoms with van der Waals surface area (Å²) in [5.41, 5.74) is 3.42. The maximum atomic E-state index is 12.7. The Balaban J connectivity index is 1.77. The molecule has 2 heterocycles. The highest BCUT2D eigenvalue weighted by Gasteiger charge is 2.25. The molecule has 4 rings (SSSR count). The zero-order chi connectivity index (χ0) is 19.8. The van der Waals surface area contributed by atoms with Crippen molar-refractivity contribution in [3.8, 4) is 5.75 Å². The molecule has 0 saturated heterocycles. The fraction of sp³-hybridized carbons (Fsp3) is 0. The number of anilines is 1. The van der Waals surface area contributed by atoms with E-state index in [9.17, 15) is 14.7 Å². The minimum absolute atomic E-state index is 0.0859. The minimum Gasteiger partial charge on any atom is -0.506 e. The van der Waals surface area contributed by atoms with Crippen molar-refractivity contribution in [1.82, 2.24) is 4.98 Å². The molecule has 0 bridgehead atoms. The van der Waals surface area contributed by atoms with Crippen molar-refractivity contribution in [2.75, 3.05) is 5.32 Å². The first-order valence-electron chi connectivity index (χ1n) is 8.24. The van der Waals surface area contributed by atoms with Crippen LogP contribution < -0.4 is 5.32 Å². The first-order valence-corrected chi connectivity index (χ1v) is 9.83. The van der Waals surface area contributed by atoms with Gasteiger partial charge in [0.25, 0.3) is 5.91 Å². The molecule has 0 spiro atoms. The summed E-state index contributed by atoms with van der Waals surface area (Å²) in [4.78, 5) is 29.2. The fourth-order valence-electron chi connectivity index (χ4n) is 2.97. The number of phenols is 1.